The molecule has 0 N–H and O–H groups in total. The minimum atomic E-state index is -0.192. The number of aromatic nitrogens is 4. The summed E-state index contributed by atoms with van der Waals surface area (Å²) < 4.78 is 32.5. The second-order valence-electron chi connectivity index (χ2n) is 14.3. The number of hydrogen-bond donors (Lipinski definition) is 0. The lowest BCUT2D eigenvalue weighted by atomic mass is 9.95. The Labute approximate surface area is 360 Å². The average molecular weight is 873 g/mol. The molecule has 3 aromatic carbocycles. The van der Waals surface area contributed by atoms with Crippen LogP contribution >= 0.6 is 46.4 Å². The van der Waals surface area contributed by atoms with Crippen LogP contribution in [0.25, 0.3) is 0 Å². The number of rotatable bonds is 17. The van der Waals surface area contributed by atoms with Crippen LogP contribution in [-0.2, 0) is 32.0 Å². The molecule has 0 amide bonds. The number of carbonyl (C=O) groups is 1. The molecule has 4 unspecified atom stereocenters. The van der Waals surface area contributed by atoms with E-state index in [2.05, 4.69) is 14.5 Å². The molecule has 7 rings (SSSR count). The van der Waals surface area contributed by atoms with Crippen LogP contribution in [-0.4, -0.2) is 71.0 Å². The van der Waals surface area contributed by atoms with Crippen molar-refractivity contribution >= 4 is 52.2 Å². The third kappa shape index (κ3) is 12.8. The maximum atomic E-state index is 13.3. The molecule has 0 aliphatic carbocycles. The highest BCUT2D eigenvalue weighted by Crippen LogP contribution is 2.32. The fourth-order valence-electron chi connectivity index (χ4n) is 7.13. The van der Waals surface area contributed by atoms with Gasteiger partial charge in [-0.3, -0.25) is 4.79 Å². The van der Waals surface area contributed by atoms with Gasteiger partial charge in [0.05, 0.1) is 52.3 Å². The van der Waals surface area contributed by atoms with Gasteiger partial charge in [-0.25, -0.2) is 9.97 Å². The number of nitrogens with zero attached hydrogens (tertiary/aromatic N) is 4. The van der Waals surface area contributed by atoms with Crippen molar-refractivity contribution in [2.75, 3.05) is 33.5 Å². The lowest BCUT2D eigenvalue weighted by Crippen LogP contribution is -2.24. The van der Waals surface area contributed by atoms with Gasteiger partial charge >= 0.3 is 0 Å². The molecular weight excluding hydrogens is 822 g/mol. The van der Waals surface area contributed by atoms with Crippen molar-refractivity contribution in [1.29, 1.82) is 0 Å². The van der Waals surface area contributed by atoms with Crippen molar-refractivity contribution in [3.8, 4) is 5.75 Å². The second-order valence-corrected chi connectivity index (χ2v) is 16.0. The maximum absolute atomic E-state index is 13.3. The van der Waals surface area contributed by atoms with E-state index in [-0.39, 0.29) is 30.2 Å². The predicted octanol–water partition coefficient (Wildman–Crippen LogP) is 11.1. The first-order valence-electron chi connectivity index (χ1n) is 19.8. The van der Waals surface area contributed by atoms with Crippen LogP contribution in [0.15, 0.2) is 91.8 Å². The minimum Gasteiger partial charge on any atom is -0.496 e. The summed E-state index contributed by atoms with van der Waals surface area (Å²) in [6, 6.07) is 18.6. The normalized spacial score (nSPS) is 17.9. The van der Waals surface area contributed by atoms with Gasteiger partial charge in [0.1, 0.15) is 5.75 Å². The van der Waals surface area contributed by atoms with Crippen LogP contribution in [0.1, 0.15) is 90.5 Å². The largest absolute Gasteiger partial charge is 0.496 e. The number of para-hydroxylation sites is 1. The molecule has 2 saturated heterocycles. The first-order chi connectivity index (χ1) is 28.3. The molecule has 4 atom stereocenters. The molecule has 2 fully saturated rings. The number of hydrogen-bond acceptors (Lipinski definition) is 8. The van der Waals surface area contributed by atoms with Crippen molar-refractivity contribution in [2.24, 2.45) is 0 Å². The van der Waals surface area contributed by atoms with Crippen LogP contribution in [0.2, 0.25) is 20.1 Å². The number of methoxy groups -OCH3 is 1. The summed E-state index contributed by atoms with van der Waals surface area (Å²) in [5, 5.41) is 2.16. The Morgan fingerprint density at radius 2 is 1.36 bits per heavy atom. The summed E-state index contributed by atoms with van der Waals surface area (Å²) in [5.41, 5.74) is 2.65. The highest BCUT2D eigenvalue weighted by atomic mass is 35.5. The Morgan fingerprint density at radius 1 is 0.759 bits per heavy atom. The first kappa shape index (κ1) is 44.1. The molecule has 0 radical (unpaired) electrons. The van der Waals surface area contributed by atoms with Crippen molar-refractivity contribution in [2.45, 2.75) is 88.9 Å². The fourth-order valence-corrected chi connectivity index (χ4v) is 7.75. The number of benzene rings is 3. The van der Waals surface area contributed by atoms with E-state index in [4.69, 9.17) is 70.1 Å². The number of ketones is 1. The fraction of sp³-hybridized carbons (Fsp3) is 0.432. The number of carbonyl (C=O) groups excluding carboxylic acids is 1. The van der Waals surface area contributed by atoms with Gasteiger partial charge in [-0.05, 0) is 98.9 Å². The summed E-state index contributed by atoms with van der Waals surface area (Å²) in [7, 11) is 1.55. The van der Waals surface area contributed by atoms with Crippen molar-refractivity contribution in [3.05, 3.63) is 134 Å². The summed E-state index contributed by atoms with van der Waals surface area (Å²) in [6.45, 7) is 4.08. The zero-order chi connectivity index (χ0) is 40.7. The number of imidazole rings is 2. The monoisotopic (exact) mass is 870 g/mol. The van der Waals surface area contributed by atoms with Crippen LogP contribution in [0.4, 0.5) is 0 Å². The topological polar surface area (TPSA) is 98.9 Å². The second kappa shape index (κ2) is 22.8. The minimum absolute atomic E-state index is 0.0248. The van der Waals surface area contributed by atoms with Crippen molar-refractivity contribution < 1.29 is 28.5 Å². The van der Waals surface area contributed by atoms with E-state index in [1.165, 1.54) is 6.42 Å². The molecule has 2 aliphatic rings. The van der Waals surface area contributed by atoms with Gasteiger partial charge in [0, 0.05) is 62.9 Å². The molecule has 14 heteroatoms. The van der Waals surface area contributed by atoms with E-state index in [9.17, 15) is 4.79 Å². The van der Waals surface area contributed by atoms with Crippen LogP contribution < -0.4 is 4.74 Å². The van der Waals surface area contributed by atoms with Gasteiger partial charge in [-0.1, -0.05) is 70.7 Å². The van der Waals surface area contributed by atoms with Crippen LogP contribution in [0.5, 0.6) is 5.75 Å². The van der Waals surface area contributed by atoms with Gasteiger partial charge in [0.25, 0.3) is 0 Å². The van der Waals surface area contributed by atoms with Crippen LogP contribution in [0.3, 0.4) is 0 Å². The molecular formula is C44H50Cl4N4O6. The standard InChI is InChI=1S/C26H28Cl2N2O4.C18H22Cl2N2O2/c1-32-23-7-3-2-6-20(23)25(31)26-29-12-13-30(26)17-19(18-9-10-21(27)22(28)16-18)11-15-34-24-8-4-5-14-33-24;19-16-5-4-14(11-17(16)20)15(12-22-8-7-21-13-22)6-10-24-18-3-1-2-9-23-18/h2-3,6-7,9-10,12-13,16,19,24H,4-5,8,11,14-15,17H2,1H3;4-5,7-8,11,13,15,18H,1-3,6,9-10,12H2. The Bertz CT molecular complexity index is 2020. The average Bonchev–Trinajstić information content (AvgIpc) is 3.95. The Kier molecular flexibility index (Phi) is 17.3. The maximum Gasteiger partial charge on any atom is 0.232 e. The molecule has 58 heavy (non-hydrogen) atoms. The summed E-state index contributed by atoms with van der Waals surface area (Å²) in [5.74, 6) is 0.978. The van der Waals surface area contributed by atoms with Gasteiger partial charge in [0.15, 0.2) is 18.4 Å². The van der Waals surface area contributed by atoms with E-state index in [1.807, 2.05) is 65.8 Å². The number of halogens is 4. The molecule has 2 aromatic heterocycles. The van der Waals surface area contributed by atoms with Gasteiger partial charge < -0.3 is 32.8 Å². The third-order valence-electron chi connectivity index (χ3n) is 10.3. The predicted molar refractivity (Wildman–Crippen MR) is 228 cm³/mol. The SMILES string of the molecule is COc1ccccc1C(=O)c1nccn1CC(CCOC1CCCCO1)c1ccc(Cl)c(Cl)c1.Clc1ccc(C(CCOC2CCCCO2)Cn2ccnc2)cc1Cl. The zero-order valence-electron chi connectivity index (χ0n) is 32.6. The zero-order valence-corrected chi connectivity index (χ0v) is 35.6. The lowest BCUT2D eigenvalue weighted by Gasteiger charge is -2.25. The van der Waals surface area contributed by atoms with Gasteiger partial charge in [-0.2, -0.15) is 0 Å². The highest BCUT2D eigenvalue weighted by molar-refractivity contribution is 6.42. The van der Waals surface area contributed by atoms with Crippen molar-refractivity contribution in [3.63, 3.8) is 0 Å². The summed E-state index contributed by atoms with van der Waals surface area (Å²) >= 11 is 24.7. The van der Waals surface area contributed by atoms with E-state index in [1.54, 1.807) is 37.7 Å². The van der Waals surface area contributed by atoms with E-state index >= 15 is 0 Å². The quantitative estimate of drug-likeness (QED) is 0.0852. The molecule has 0 spiro atoms. The van der Waals surface area contributed by atoms with E-state index < -0.39 is 0 Å². The molecule has 5 aromatic rings. The van der Waals surface area contributed by atoms with Gasteiger partial charge in [0.2, 0.25) is 5.78 Å². The Hall–Kier alpha value is -3.45. The lowest BCUT2D eigenvalue weighted by molar-refractivity contribution is -0.163. The van der Waals surface area contributed by atoms with Crippen LogP contribution in [0, 0.1) is 0 Å². The van der Waals surface area contributed by atoms with E-state index in [0.717, 1.165) is 75.8 Å². The Morgan fingerprint density at radius 3 is 1.90 bits per heavy atom. The number of ether oxygens (including phenoxy) is 5. The molecule has 0 bridgehead atoms. The molecule has 4 heterocycles. The Balaban J connectivity index is 0.000000208. The molecule has 0 saturated carbocycles. The first-order valence-corrected chi connectivity index (χ1v) is 21.3. The summed E-state index contributed by atoms with van der Waals surface area (Å²) in [6.07, 6.45) is 16.8. The molecule has 310 valence electrons. The van der Waals surface area contributed by atoms with E-state index in [0.29, 0.717) is 57.0 Å². The molecule has 10 nitrogen and oxygen atoms in total. The molecule has 2 aliphatic heterocycles. The highest BCUT2D eigenvalue weighted by Gasteiger charge is 2.23. The van der Waals surface area contributed by atoms with Gasteiger partial charge in [-0.15, -0.1) is 0 Å². The van der Waals surface area contributed by atoms with Crippen molar-refractivity contribution in [1.82, 2.24) is 19.1 Å². The summed E-state index contributed by atoms with van der Waals surface area (Å²) in [4.78, 5) is 21.8. The third-order valence-corrected chi connectivity index (χ3v) is 11.8. The smallest absolute Gasteiger partial charge is 0.232 e.